The summed E-state index contributed by atoms with van der Waals surface area (Å²) in [5.41, 5.74) is 4.61. The molecule has 6 nitrogen and oxygen atoms in total. The summed E-state index contributed by atoms with van der Waals surface area (Å²) in [6, 6.07) is 0. The predicted octanol–water partition coefficient (Wildman–Crippen LogP) is 2.58. The van der Waals surface area contributed by atoms with Gasteiger partial charge in [0.25, 0.3) is 0 Å². The molecular weight excluding hydrogens is 435 g/mol. The van der Waals surface area contributed by atoms with Gasteiger partial charge in [0, 0.05) is 50.2 Å². The Kier molecular flexibility index (Phi) is 8.68. The van der Waals surface area contributed by atoms with Crippen molar-refractivity contribution in [3.05, 3.63) is 33.0 Å². The molecular formula is C16H27IN6S. The van der Waals surface area contributed by atoms with E-state index in [4.69, 9.17) is 0 Å². The molecule has 0 fully saturated rings. The summed E-state index contributed by atoms with van der Waals surface area (Å²) in [5, 5.41) is 14.5. The van der Waals surface area contributed by atoms with Gasteiger partial charge in [0.15, 0.2) is 5.96 Å². The van der Waals surface area contributed by atoms with E-state index >= 15 is 0 Å². The van der Waals surface area contributed by atoms with E-state index in [0.29, 0.717) is 0 Å². The summed E-state index contributed by atoms with van der Waals surface area (Å²) in [6.07, 6.45) is 1.91. The zero-order valence-electron chi connectivity index (χ0n) is 15.0. The first-order valence-corrected chi connectivity index (χ1v) is 8.80. The molecule has 134 valence electrons. The molecule has 0 radical (unpaired) electrons. The number of halogens is 1. The quantitative estimate of drug-likeness (QED) is 0.394. The molecule has 2 heterocycles. The average Bonchev–Trinajstić information content (AvgIpc) is 3.09. The van der Waals surface area contributed by atoms with Gasteiger partial charge in [0.05, 0.1) is 16.4 Å². The number of nitrogens with zero attached hydrogens (tertiary/aromatic N) is 4. The van der Waals surface area contributed by atoms with Crippen molar-refractivity contribution in [2.75, 3.05) is 13.6 Å². The van der Waals surface area contributed by atoms with Crippen molar-refractivity contribution >= 4 is 41.3 Å². The van der Waals surface area contributed by atoms with Gasteiger partial charge in [-0.1, -0.05) is 6.92 Å². The minimum absolute atomic E-state index is 0. The molecule has 0 atom stereocenters. The molecule has 2 aromatic rings. The van der Waals surface area contributed by atoms with Crippen LogP contribution in [0.5, 0.6) is 0 Å². The van der Waals surface area contributed by atoms with Crippen molar-refractivity contribution in [3.8, 4) is 0 Å². The van der Waals surface area contributed by atoms with Crippen molar-refractivity contribution < 1.29 is 0 Å². The Balaban J connectivity index is 0.00000288. The first kappa shape index (κ1) is 20.9. The summed E-state index contributed by atoms with van der Waals surface area (Å²) in [7, 11) is 3.76. The van der Waals surface area contributed by atoms with Gasteiger partial charge in [-0.15, -0.1) is 35.3 Å². The summed E-state index contributed by atoms with van der Waals surface area (Å²) >= 11 is 1.73. The Hall–Kier alpha value is -1.16. The molecule has 2 aromatic heterocycles. The molecule has 0 aliphatic rings. The Morgan fingerprint density at radius 2 is 2.08 bits per heavy atom. The smallest absolute Gasteiger partial charge is 0.191 e. The number of hydrogen-bond donors (Lipinski definition) is 2. The van der Waals surface area contributed by atoms with Gasteiger partial charge in [0.2, 0.25) is 0 Å². The van der Waals surface area contributed by atoms with Crippen molar-refractivity contribution in [1.29, 1.82) is 0 Å². The largest absolute Gasteiger partial charge is 0.356 e. The van der Waals surface area contributed by atoms with Gasteiger partial charge in [-0.2, -0.15) is 5.10 Å². The maximum Gasteiger partial charge on any atom is 0.191 e. The Labute approximate surface area is 165 Å². The van der Waals surface area contributed by atoms with Gasteiger partial charge in [-0.3, -0.25) is 9.67 Å². The predicted molar refractivity (Wildman–Crippen MR) is 111 cm³/mol. The van der Waals surface area contributed by atoms with Crippen molar-refractivity contribution in [2.45, 2.75) is 40.2 Å². The number of guanidine groups is 1. The lowest BCUT2D eigenvalue weighted by molar-refractivity contribution is 0.728. The number of aliphatic imine (C=N–C) groups is 1. The highest BCUT2D eigenvalue weighted by molar-refractivity contribution is 14.0. The molecule has 0 unspecified atom stereocenters. The fourth-order valence-electron chi connectivity index (χ4n) is 2.40. The van der Waals surface area contributed by atoms with Gasteiger partial charge in [-0.25, -0.2) is 4.98 Å². The Bertz CT molecular complexity index is 676. The van der Waals surface area contributed by atoms with Crippen LogP contribution in [0.1, 0.15) is 34.6 Å². The van der Waals surface area contributed by atoms with Crippen molar-refractivity contribution in [2.24, 2.45) is 12.0 Å². The van der Waals surface area contributed by atoms with Crippen molar-refractivity contribution in [3.63, 3.8) is 0 Å². The number of rotatable bonds is 6. The highest BCUT2D eigenvalue weighted by atomic mass is 127. The fourth-order valence-corrected chi connectivity index (χ4v) is 3.18. The molecule has 24 heavy (non-hydrogen) atoms. The van der Waals surface area contributed by atoms with Crippen LogP contribution in [-0.2, 0) is 26.4 Å². The molecule has 2 rings (SSSR count). The summed E-state index contributed by atoms with van der Waals surface area (Å²) in [6.45, 7) is 7.79. The first-order valence-electron chi connectivity index (χ1n) is 7.92. The molecule has 0 aliphatic heterocycles. The fraction of sp³-hybridized carbons (Fsp3) is 0.562. The molecule has 0 spiro atoms. The SMILES string of the molecule is CCc1nc(CCNC(=NC)NCc2c(C)nn(C)c2C)cs1.I. The number of aromatic nitrogens is 3. The average molecular weight is 462 g/mol. The topological polar surface area (TPSA) is 67.1 Å². The molecule has 0 amide bonds. The standard InChI is InChI=1S/C16H26N6S.HI/c1-6-15-20-13(10-23-15)7-8-18-16(17-4)19-9-14-11(2)21-22(5)12(14)3;/h10H,6-9H2,1-5H3,(H2,17,18,19);1H. The van der Waals surface area contributed by atoms with Crippen LogP contribution in [0.4, 0.5) is 0 Å². The summed E-state index contributed by atoms with van der Waals surface area (Å²) in [4.78, 5) is 8.85. The number of thiazole rings is 1. The number of hydrogen-bond acceptors (Lipinski definition) is 4. The van der Waals surface area contributed by atoms with Gasteiger partial charge in [0.1, 0.15) is 0 Å². The van der Waals surface area contributed by atoms with Gasteiger partial charge < -0.3 is 10.6 Å². The molecule has 0 saturated heterocycles. The van der Waals surface area contributed by atoms with E-state index in [-0.39, 0.29) is 24.0 Å². The highest BCUT2D eigenvalue weighted by Crippen LogP contribution is 2.11. The second-order valence-electron chi connectivity index (χ2n) is 5.46. The first-order chi connectivity index (χ1) is 11.0. The van der Waals surface area contributed by atoms with Crippen LogP contribution in [0.25, 0.3) is 0 Å². The zero-order valence-corrected chi connectivity index (χ0v) is 18.2. The highest BCUT2D eigenvalue weighted by Gasteiger charge is 2.09. The van der Waals surface area contributed by atoms with E-state index in [1.807, 2.05) is 18.7 Å². The van der Waals surface area contributed by atoms with Gasteiger partial charge in [-0.05, 0) is 20.3 Å². The third-order valence-corrected chi connectivity index (χ3v) is 4.93. The van der Waals surface area contributed by atoms with Crippen LogP contribution >= 0.6 is 35.3 Å². The molecule has 0 bridgehead atoms. The summed E-state index contributed by atoms with van der Waals surface area (Å²) in [5.74, 6) is 0.804. The monoisotopic (exact) mass is 462 g/mol. The minimum Gasteiger partial charge on any atom is -0.356 e. The van der Waals surface area contributed by atoms with Crippen LogP contribution in [0.3, 0.4) is 0 Å². The lowest BCUT2D eigenvalue weighted by Crippen LogP contribution is -2.38. The second-order valence-corrected chi connectivity index (χ2v) is 6.40. The Morgan fingerprint density at radius 3 is 2.62 bits per heavy atom. The third kappa shape index (κ3) is 5.44. The second kappa shape index (κ2) is 9.97. The van der Waals surface area contributed by atoms with Crippen LogP contribution in [0.15, 0.2) is 10.4 Å². The van der Waals surface area contributed by atoms with E-state index in [1.165, 1.54) is 16.3 Å². The van der Waals surface area contributed by atoms with E-state index in [2.05, 4.69) is 44.9 Å². The lowest BCUT2D eigenvalue weighted by atomic mass is 10.2. The maximum absolute atomic E-state index is 4.58. The molecule has 8 heteroatoms. The number of aryl methyl sites for hydroxylation is 3. The number of nitrogens with one attached hydrogen (secondary N) is 2. The van der Waals surface area contributed by atoms with E-state index in [0.717, 1.165) is 43.3 Å². The summed E-state index contributed by atoms with van der Waals surface area (Å²) < 4.78 is 1.91. The maximum atomic E-state index is 4.58. The Morgan fingerprint density at radius 1 is 1.33 bits per heavy atom. The minimum atomic E-state index is 0. The van der Waals surface area contributed by atoms with E-state index < -0.39 is 0 Å². The lowest BCUT2D eigenvalue weighted by Gasteiger charge is -2.11. The van der Waals surface area contributed by atoms with Gasteiger partial charge >= 0.3 is 0 Å². The van der Waals surface area contributed by atoms with Crippen LogP contribution in [0.2, 0.25) is 0 Å². The van der Waals surface area contributed by atoms with E-state index in [1.54, 1.807) is 18.4 Å². The normalized spacial score (nSPS) is 11.3. The molecule has 0 aliphatic carbocycles. The van der Waals surface area contributed by atoms with Crippen molar-refractivity contribution in [1.82, 2.24) is 25.4 Å². The zero-order chi connectivity index (χ0) is 16.8. The van der Waals surface area contributed by atoms with Crippen LogP contribution < -0.4 is 10.6 Å². The molecule has 0 aromatic carbocycles. The molecule has 2 N–H and O–H groups in total. The van der Waals surface area contributed by atoms with Crippen LogP contribution in [0, 0.1) is 13.8 Å². The molecule has 0 saturated carbocycles. The van der Waals surface area contributed by atoms with Crippen LogP contribution in [-0.4, -0.2) is 34.3 Å². The third-order valence-electron chi connectivity index (χ3n) is 3.89. The van der Waals surface area contributed by atoms with E-state index in [9.17, 15) is 0 Å².